The zero-order valence-corrected chi connectivity index (χ0v) is 23.5. The lowest BCUT2D eigenvalue weighted by Gasteiger charge is -2.56. The smallest absolute Gasteiger partial charge is 0.237 e. The zero-order chi connectivity index (χ0) is 28.2. The van der Waals surface area contributed by atoms with Crippen molar-refractivity contribution in [2.75, 3.05) is 5.73 Å². The topological polar surface area (TPSA) is 127 Å². The van der Waals surface area contributed by atoms with Gasteiger partial charge >= 0.3 is 0 Å². The molecule has 5 aliphatic rings. The van der Waals surface area contributed by atoms with Crippen molar-refractivity contribution >= 4 is 29.1 Å². The Kier molecular flexibility index (Phi) is 7.01. The fourth-order valence-corrected chi connectivity index (χ4v) is 8.83. The molecule has 1 saturated heterocycles. The molecule has 4 N–H and O–H groups in total. The van der Waals surface area contributed by atoms with E-state index in [0.717, 1.165) is 56.1 Å². The number of hydrogen-bond acceptors (Lipinski definition) is 6. The summed E-state index contributed by atoms with van der Waals surface area (Å²) in [6.07, 6.45) is 8.76. The number of nitrogens with one attached hydrogen (secondary N) is 1. The van der Waals surface area contributed by atoms with E-state index in [1.54, 1.807) is 12.1 Å². The van der Waals surface area contributed by atoms with Crippen molar-refractivity contribution in [3.63, 3.8) is 0 Å². The first kappa shape index (κ1) is 27.6. The number of amides is 2. The van der Waals surface area contributed by atoms with Crippen LogP contribution in [0.15, 0.2) is 35.6 Å². The van der Waals surface area contributed by atoms with Crippen LogP contribution in [0.5, 0.6) is 0 Å². The first-order valence-corrected chi connectivity index (χ1v) is 14.7. The van der Waals surface area contributed by atoms with Gasteiger partial charge in [0.05, 0.1) is 5.41 Å². The Labute approximate surface area is 231 Å². The summed E-state index contributed by atoms with van der Waals surface area (Å²) in [5, 5.41) is 12.7. The number of ketones is 2. The van der Waals surface area contributed by atoms with Gasteiger partial charge in [0.15, 0.2) is 11.5 Å². The molecule has 3 saturated carbocycles. The third-order valence-corrected chi connectivity index (χ3v) is 11.3. The number of nitrogens with two attached hydrogens (primary N) is 1. The Balaban J connectivity index is 0.000000164. The van der Waals surface area contributed by atoms with Gasteiger partial charge in [-0.3, -0.25) is 24.5 Å². The Bertz CT molecular complexity index is 1240. The standard InChI is InChI=1S/C19H26O3.C13H16N2O2/c1-18-10-8-15(20)17(22)14(18)4-3-11-12-5-6-16(21)19(12,2)9-7-13(11)18;1-2-13(8-7-11(16)15-12(13)17)9-3-5-10(14)6-4-9/h11-13,22H,3-10H2,1-2H3;3-6H,2,7-8,14H2,1H3,(H,15,16,17)/t11-,12-,13-,18+,19-;/m0./s1. The molecule has 0 aromatic heterocycles. The maximum absolute atomic E-state index is 12.4. The van der Waals surface area contributed by atoms with E-state index >= 15 is 0 Å². The number of imide groups is 1. The summed E-state index contributed by atoms with van der Waals surface area (Å²) in [6.45, 7) is 6.42. The Morgan fingerprint density at radius 2 is 1.56 bits per heavy atom. The van der Waals surface area contributed by atoms with Gasteiger partial charge < -0.3 is 10.8 Å². The predicted molar refractivity (Wildman–Crippen MR) is 148 cm³/mol. The summed E-state index contributed by atoms with van der Waals surface area (Å²) in [7, 11) is 0. The molecule has 7 nitrogen and oxygen atoms in total. The van der Waals surface area contributed by atoms with Gasteiger partial charge in [0, 0.05) is 30.4 Å². The lowest BCUT2D eigenvalue weighted by Crippen LogP contribution is -2.51. The second kappa shape index (κ2) is 9.90. The number of piperidine rings is 1. The highest BCUT2D eigenvalue weighted by Gasteiger charge is 2.59. The maximum atomic E-state index is 12.4. The molecule has 1 unspecified atom stereocenters. The Morgan fingerprint density at radius 3 is 2.23 bits per heavy atom. The summed E-state index contributed by atoms with van der Waals surface area (Å²) in [5.41, 5.74) is 7.58. The molecule has 39 heavy (non-hydrogen) atoms. The number of anilines is 1. The molecule has 1 aromatic rings. The third-order valence-electron chi connectivity index (χ3n) is 11.3. The molecule has 4 fully saturated rings. The van der Waals surface area contributed by atoms with Crippen molar-refractivity contribution < 1.29 is 24.3 Å². The highest BCUT2D eigenvalue weighted by atomic mass is 16.3. The van der Waals surface area contributed by atoms with Gasteiger partial charge in [-0.05, 0) is 97.8 Å². The number of aliphatic hydroxyl groups is 1. The van der Waals surface area contributed by atoms with Crippen LogP contribution in [0.3, 0.4) is 0 Å². The normalized spacial score (nSPS) is 37.8. The lowest BCUT2D eigenvalue weighted by atomic mass is 9.47. The molecule has 1 aromatic carbocycles. The number of aliphatic hydroxyl groups excluding tert-OH is 1. The Morgan fingerprint density at radius 1 is 0.872 bits per heavy atom. The second-order valence-corrected chi connectivity index (χ2v) is 12.9. The van der Waals surface area contributed by atoms with Crippen LogP contribution < -0.4 is 11.1 Å². The Hall–Kier alpha value is -2.96. The zero-order valence-electron chi connectivity index (χ0n) is 23.5. The molecular formula is C32H42N2O5. The van der Waals surface area contributed by atoms with E-state index in [9.17, 15) is 24.3 Å². The van der Waals surface area contributed by atoms with Crippen LogP contribution in [0.1, 0.15) is 97.0 Å². The maximum Gasteiger partial charge on any atom is 0.237 e. The van der Waals surface area contributed by atoms with Gasteiger partial charge in [0.2, 0.25) is 11.8 Å². The highest BCUT2D eigenvalue weighted by molar-refractivity contribution is 6.03. The van der Waals surface area contributed by atoms with Crippen molar-refractivity contribution in [2.24, 2.45) is 28.6 Å². The van der Waals surface area contributed by atoms with E-state index in [0.29, 0.717) is 54.9 Å². The van der Waals surface area contributed by atoms with Gasteiger partial charge in [-0.1, -0.05) is 32.9 Å². The van der Waals surface area contributed by atoms with E-state index in [1.165, 1.54) is 0 Å². The fourth-order valence-electron chi connectivity index (χ4n) is 8.83. The number of nitrogen functional groups attached to an aromatic ring is 1. The second-order valence-electron chi connectivity index (χ2n) is 12.9. The summed E-state index contributed by atoms with van der Waals surface area (Å²) in [4.78, 5) is 47.5. The summed E-state index contributed by atoms with van der Waals surface area (Å²) in [5.74, 6) is 1.76. The molecule has 210 valence electrons. The third kappa shape index (κ3) is 4.33. The first-order valence-electron chi connectivity index (χ1n) is 14.7. The van der Waals surface area contributed by atoms with E-state index in [1.807, 2.05) is 19.1 Å². The van der Waals surface area contributed by atoms with Crippen LogP contribution in [0.4, 0.5) is 5.69 Å². The van der Waals surface area contributed by atoms with Crippen LogP contribution in [0.2, 0.25) is 0 Å². The van der Waals surface area contributed by atoms with Crippen molar-refractivity contribution in [3.05, 3.63) is 41.2 Å². The molecule has 2 amide bonds. The number of benzene rings is 1. The minimum absolute atomic E-state index is 0.0200. The largest absolute Gasteiger partial charge is 0.504 e. The molecule has 1 aliphatic heterocycles. The fraction of sp³-hybridized carbons (Fsp3) is 0.625. The van der Waals surface area contributed by atoms with Crippen molar-refractivity contribution in [1.29, 1.82) is 0 Å². The SMILES string of the molecule is CCC1(c2ccc(N)cc2)CCC(=O)NC1=O.C[C@]12CCC(=O)C(O)=C1CC[C@@H]1[C@@H]2CC[C@]2(C)C(=O)CC[C@@H]12. The molecule has 0 bridgehead atoms. The number of allylic oxidation sites excluding steroid dienone is 1. The molecule has 6 rings (SSSR count). The van der Waals surface area contributed by atoms with Gasteiger partial charge in [-0.15, -0.1) is 0 Å². The minimum Gasteiger partial charge on any atom is -0.504 e. The van der Waals surface area contributed by atoms with Crippen LogP contribution in [0.25, 0.3) is 0 Å². The monoisotopic (exact) mass is 534 g/mol. The van der Waals surface area contributed by atoms with E-state index in [2.05, 4.69) is 19.2 Å². The highest BCUT2D eigenvalue weighted by Crippen LogP contribution is 2.64. The van der Waals surface area contributed by atoms with Gasteiger partial charge in [0.25, 0.3) is 0 Å². The van der Waals surface area contributed by atoms with Gasteiger partial charge in [-0.25, -0.2) is 0 Å². The number of Topliss-reactive ketones (excluding diaryl/α,β-unsaturated/α-hetero) is 2. The van der Waals surface area contributed by atoms with Crippen molar-refractivity contribution in [1.82, 2.24) is 5.32 Å². The van der Waals surface area contributed by atoms with Gasteiger partial charge in [-0.2, -0.15) is 0 Å². The van der Waals surface area contributed by atoms with Gasteiger partial charge in [0.1, 0.15) is 5.78 Å². The van der Waals surface area contributed by atoms with E-state index in [4.69, 9.17) is 5.73 Å². The first-order chi connectivity index (χ1) is 18.5. The molecule has 0 radical (unpaired) electrons. The molecule has 7 heteroatoms. The number of hydrogen-bond donors (Lipinski definition) is 3. The molecular weight excluding hydrogens is 492 g/mol. The lowest BCUT2D eigenvalue weighted by molar-refractivity contribution is -0.138. The van der Waals surface area contributed by atoms with Crippen LogP contribution in [-0.2, 0) is 24.6 Å². The average molecular weight is 535 g/mol. The quantitative estimate of drug-likeness (QED) is 0.348. The van der Waals surface area contributed by atoms with Crippen LogP contribution in [-0.4, -0.2) is 28.5 Å². The van der Waals surface area contributed by atoms with Crippen LogP contribution >= 0.6 is 0 Å². The predicted octanol–water partition coefficient (Wildman–Crippen LogP) is 5.33. The molecule has 6 atom stereocenters. The molecule has 1 heterocycles. The number of carbonyl (C=O) groups is 4. The van der Waals surface area contributed by atoms with Crippen LogP contribution in [0, 0.1) is 28.6 Å². The van der Waals surface area contributed by atoms with Crippen molar-refractivity contribution in [2.45, 2.75) is 96.8 Å². The summed E-state index contributed by atoms with van der Waals surface area (Å²) < 4.78 is 0. The number of carbonyl (C=O) groups excluding carboxylic acids is 4. The van der Waals surface area contributed by atoms with E-state index in [-0.39, 0.29) is 34.2 Å². The summed E-state index contributed by atoms with van der Waals surface area (Å²) >= 11 is 0. The number of rotatable bonds is 2. The van der Waals surface area contributed by atoms with E-state index < -0.39 is 5.41 Å². The minimum atomic E-state index is -0.582. The molecule has 0 spiro atoms. The average Bonchev–Trinajstić information content (AvgIpc) is 3.22. The number of fused-ring (bicyclic) bond motifs is 5. The van der Waals surface area contributed by atoms with Crippen molar-refractivity contribution in [3.8, 4) is 0 Å². The summed E-state index contributed by atoms with van der Waals surface area (Å²) in [6, 6.07) is 7.31. The molecule has 4 aliphatic carbocycles.